The van der Waals surface area contributed by atoms with Crippen molar-refractivity contribution in [2.75, 3.05) is 33.2 Å². The maximum Gasteiger partial charge on any atom is 0.320 e. The molecular formula is C11H24ClN3O. The van der Waals surface area contributed by atoms with E-state index in [0.29, 0.717) is 6.04 Å². The fourth-order valence-electron chi connectivity index (χ4n) is 1.94. The third-order valence-corrected chi connectivity index (χ3v) is 2.99. The summed E-state index contributed by atoms with van der Waals surface area (Å²) in [4.78, 5) is 15.9. The zero-order valence-electron chi connectivity index (χ0n) is 10.5. The number of carbonyl (C=O) groups is 1. The Morgan fingerprint density at radius 3 is 2.56 bits per heavy atom. The number of halogens is 1. The number of urea groups is 1. The maximum atomic E-state index is 12.1. The predicted octanol–water partition coefficient (Wildman–Crippen LogP) is 1.55. The van der Waals surface area contributed by atoms with Crippen molar-refractivity contribution in [3.05, 3.63) is 0 Å². The Morgan fingerprint density at radius 1 is 1.44 bits per heavy atom. The molecular weight excluding hydrogens is 226 g/mol. The second-order valence-electron chi connectivity index (χ2n) is 4.14. The molecule has 0 radical (unpaired) electrons. The molecule has 5 heteroatoms. The van der Waals surface area contributed by atoms with Gasteiger partial charge in [-0.05, 0) is 26.3 Å². The molecule has 1 saturated heterocycles. The Morgan fingerprint density at radius 2 is 2.12 bits per heavy atom. The number of nitrogens with zero attached hydrogens (tertiary/aromatic N) is 2. The van der Waals surface area contributed by atoms with E-state index in [2.05, 4.69) is 12.2 Å². The van der Waals surface area contributed by atoms with Crippen LogP contribution < -0.4 is 5.32 Å². The van der Waals surface area contributed by atoms with Gasteiger partial charge in [0.05, 0.1) is 0 Å². The van der Waals surface area contributed by atoms with Crippen LogP contribution in [0, 0.1) is 0 Å². The van der Waals surface area contributed by atoms with Gasteiger partial charge in [-0.25, -0.2) is 4.79 Å². The van der Waals surface area contributed by atoms with Crippen molar-refractivity contribution in [1.82, 2.24) is 15.1 Å². The molecule has 1 heterocycles. The minimum atomic E-state index is 0. The number of hydrogen-bond donors (Lipinski definition) is 1. The van der Waals surface area contributed by atoms with Crippen LogP contribution in [0.25, 0.3) is 0 Å². The van der Waals surface area contributed by atoms with Crippen LogP contribution in [-0.4, -0.2) is 55.1 Å². The van der Waals surface area contributed by atoms with Crippen LogP contribution in [0.4, 0.5) is 4.79 Å². The third-order valence-electron chi connectivity index (χ3n) is 2.99. The Balaban J connectivity index is 0.00000225. The molecule has 0 saturated carbocycles. The summed E-state index contributed by atoms with van der Waals surface area (Å²) in [5, 5.41) is 3.31. The van der Waals surface area contributed by atoms with Crippen molar-refractivity contribution >= 4 is 18.4 Å². The van der Waals surface area contributed by atoms with E-state index in [0.717, 1.165) is 39.0 Å². The molecule has 0 aliphatic carbocycles. The van der Waals surface area contributed by atoms with Gasteiger partial charge in [0.2, 0.25) is 0 Å². The first-order valence-electron chi connectivity index (χ1n) is 5.93. The summed E-state index contributed by atoms with van der Waals surface area (Å²) in [6.45, 7) is 7.76. The minimum absolute atomic E-state index is 0. The van der Waals surface area contributed by atoms with E-state index in [9.17, 15) is 4.79 Å². The van der Waals surface area contributed by atoms with Gasteiger partial charge < -0.3 is 15.1 Å². The summed E-state index contributed by atoms with van der Waals surface area (Å²) < 4.78 is 0. The largest absolute Gasteiger partial charge is 0.328 e. The highest BCUT2D eigenvalue weighted by Crippen LogP contribution is 2.11. The van der Waals surface area contributed by atoms with Crippen LogP contribution in [0.2, 0.25) is 0 Å². The van der Waals surface area contributed by atoms with Gasteiger partial charge in [-0.1, -0.05) is 6.92 Å². The van der Waals surface area contributed by atoms with Gasteiger partial charge in [0.15, 0.2) is 0 Å². The molecule has 1 rings (SSSR count). The number of carbonyl (C=O) groups excluding carboxylic acids is 1. The highest BCUT2D eigenvalue weighted by molar-refractivity contribution is 5.85. The lowest BCUT2D eigenvalue weighted by atomic mass is 10.2. The highest BCUT2D eigenvalue weighted by atomic mass is 35.5. The molecule has 0 spiro atoms. The molecule has 1 aliphatic rings. The average Bonchev–Trinajstić information content (AvgIpc) is 2.77. The first kappa shape index (κ1) is 15.5. The normalized spacial score (nSPS) is 19.1. The second-order valence-corrected chi connectivity index (χ2v) is 4.14. The molecule has 1 atom stereocenters. The fraction of sp³-hybridized carbons (Fsp3) is 0.909. The summed E-state index contributed by atoms with van der Waals surface area (Å²) in [6, 6.07) is 0.569. The van der Waals surface area contributed by atoms with Gasteiger partial charge in [-0.15, -0.1) is 12.4 Å². The predicted molar refractivity (Wildman–Crippen MR) is 69.2 cm³/mol. The van der Waals surface area contributed by atoms with E-state index in [-0.39, 0.29) is 18.4 Å². The van der Waals surface area contributed by atoms with E-state index in [1.165, 1.54) is 0 Å². The number of hydrogen-bond acceptors (Lipinski definition) is 2. The van der Waals surface area contributed by atoms with Crippen LogP contribution in [0.1, 0.15) is 26.7 Å². The zero-order valence-corrected chi connectivity index (χ0v) is 11.3. The molecule has 0 aromatic rings. The smallest absolute Gasteiger partial charge is 0.320 e. The number of rotatable bonds is 4. The third kappa shape index (κ3) is 3.83. The summed E-state index contributed by atoms with van der Waals surface area (Å²) in [7, 11) is 1.87. The summed E-state index contributed by atoms with van der Waals surface area (Å²) in [5.41, 5.74) is 0. The van der Waals surface area contributed by atoms with Crippen molar-refractivity contribution < 1.29 is 4.79 Å². The Labute approximate surface area is 105 Å². The van der Waals surface area contributed by atoms with E-state index in [1.807, 2.05) is 18.9 Å². The van der Waals surface area contributed by atoms with Crippen molar-refractivity contribution in [1.29, 1.82) is 0 Å². The van der Waals surface area contributed by atoms with Crippen LogP contribution in [0.5, 0.6) is 0 Å². The first-order chi connectivity index (χ1) is 7.20. The highest BCUT2D eigenvalue weighted by Gasteiger charge is 2.27. The van der Waals surface area contributed by atoms with Crippen LogP contribution >= 0.6 is 12.4 Å². The van der Waals surface area contributed by atoms with Crippen LogP contribution in [0.3, 0.4) is 0 Å². The molecule has 0 bridgehead atoms. The molecule has 1 unspecified atom stereocenters. The molecule has 4 nitrogen and oxygen atoms in total. The topological polar surface area (TPSA) is 35.6 Å². The Bertz CT molecular complexity index is 207. The lowest BCUT2D eigenvalue weighted by Crippen LogP contribution is -2.48. The quantitative estimate of drug-likeness (QED) is 0.821. The molecule has 16 heavy (non-hydrogen) atoms. The molecule has 1 aliphatic heterocycles. The standard InChI is InChI=1S/C11H23N3O.ClH/c1-4-8-14(10-6-7-12-9-10)11(15)13(3)5-2;/h10,12H,4-9H2,1-3H3;1H. The van der Waals surface area contributed by atoms with Crippen molar-refractivity contribution in [2.24, 2.45) is 0 Å². The van der Waals surface area contributed by atoms with Gasteiger partial charge in [0, 0.05) is 32.7 Å². The van der Waals surface area contributed by atoms with Crippen LogP contribution in [0.15, 0.2) is 0 Å². The molecule has 0 aromatic carbocycles. The average molecular weight is 250 g/mol. The van der Waals surface area contributed by atoms with E-state index in [1.54, 1.807) is 4.90 Å². The Kier molecular flexibility index (Phi) is 7.51. The van der Waals surface area contributed by atoms with Gasteiger partial charge in [0.1, 0.15) is 0 Å². The molecule has 1 N–H and O–H groups in total. The SMILES string of the molecule is CCCN(C(=O)N(C)CC)C1CCNC1.Cl. The van der Waals surface area contributed by atoms with Gasteiger partial charge in [-0.2, -0.15) is 0 Å². The van der Waals surface area contributed by atoms with E-state index >= 15 is 0 Å². The number of nitrogens with one attached hydrogen (secondary N) is 1. The molecule has 2 amide bonds. The second kappa shape index (κ2) is 7.74. The summed E-state index contributed by atoms with van der Waals surface area (Å²) >= 11 is 0. The summed E-state index contributed by atoms with van der Waals surface area (Å²) in [5.74, 6) is 0. The van der Waals surface area contributed by atoms with E-state index in [4.69, 9.17) is 0 Å². The van der Waals surface area contributed by atoms with Crippen molar-refractivity contribution in [3.8, 4) is 0 Å². The van der Waals surface area contributed by atoms with Gasteiger partial charge >= 0.3 is 6.03 Å². The number of amides is 2. The summed E-state index contributed by atoms with van der Waals surface area (Å²) in [6.07, 6.45) is 2.11. The molecule has 0 aromatic heterocycles. The fourth-order valence-corrected chi connectivity index (χ4v) is 1.94. The monoisotopic (exact) mass is 249 g/mol. The maximum absolute atomic E-state index is 12.1. The van der Waals surface area contributed by atoms with Gasteiger partial charge in [-0.3, -0.25) is 0 Å². The van der Waals surface area contributed by atoms with Crippen molar-refractivity contribution in [3.63, 3.8) is 0 Å². The molecule has 1 fully saturated rings. The molecule has 96 valence electrons. The zero-order chi connectivity index (χ0) is 11.3. The lowest BCUT2D eigenvalue weighted by molar-refractivity contribution is 0.147. The minimum Gasteiger partial charge on any atom is -0.328 e. The van der Waals surface area contributed by atoms with Crippen molar-refractivity contribution in [2.45, 2.75) is 32.7 Å². The first-order valence-corrected chi connectivity index (χ1v) is 5.93. The van der Waals surface area contributed by atoms with Crippen LogP contribution in [-0.2, 0) is 0 Å². The Hall–Kier alpha value is -0.480. The van der Waals surface area contributed by atoms with Gasteiger partial charge in [0.25, 0.3) is 0 Å². The van der Waals surface area contributed by atoms with E-state index < -0.39 is 0 Å². The lowest BCUT2D eigenvalue weighted by Gasteiger charge is -2.31.